The number of imidazole rings is 4. The molecule has 0 aliphatic carbocycles. The van der Waals surface area contributed by atoms with Crippen LogP contribution in [0.1, 0.15) is 114 Å². The van der Waals surface area contributed by atoms with E-state index in [1.54, 1.807) is 56.7 Å². The first kappa shape index (κ1) is 60.0. The van der Waals surface area contributed by atoms with E-state index in [2.05, 4.69) is 61.2 Å². The van der Waals surface area contributed by atoms with Gasteiger partial charge in [0.05, 0.1) is 169 Å². The van der Waals surface area contributed by atoms with E-state index in [1.165, 1.54) is 6.33 Å². The second kappa shape index (κ2) is 24.5. The Bertz CT molecular complexity index is 4830. The van der Waals surface area contributed by atoms with Gasteiger partial charge in [0, 0.05) is 22.3 Å². The maximum atomic E-state index is 13.2. The number of aliphatic hydroxyl groups excluding tert-OH is 5. The lowest BCUT2D eigenvalue weighted by molar-refractivity contribution is 0.0518. The number of benzene rings is 4. The third-order valence-corrected chi connectivity index (χ3v) is 16.4. The summed E-state index contributed by atoms with van der Waals surface area (Å²) in [5.41, 5.74) is 20.5. The van der Waals surface area contributed by atoms with Gasteiger partial charge in [-0.1, -0.05) is 45.1 Å². The van der Waals surface area contributed by atoms with Crippen molar-refractivity contribution >= 4 is 12.3 Å². The number of aldehydes is 1. The van der Waals surface area contributed by atoms with E-state index in [1.807, 2.05) is 107 Å². The summed E-state index contributed by atoms with van der Waals surface area (Å²) >= 11 is 0. The normalized spacial score (nSPS) is 12.4. The van der Waals surface area contributed by atoms with E-state index >= 15 is 0 Å². The van der Waals surface area contributed by atoms with Gasteiger partial charge in [-0.05, 0) is 105 Å². The maximum absolute atomic E-state index is 13.2. The molecule has 0 saturated carbocycles. The second-order valence-corrected chi connectivity index (χ2v) is 21.9. The summed E-state index contributed by atoms with van der Waals surface area (Å²) in [5.74, 6) is -0.454. The van der Waals surface area contributed by atoms with Gasteiger partial charge in [-0.15, -0.1) is 20.4 Å². The van der Waals surface area contributed by atoms with Crippen molar-refractivity contribution in [3.8, 4) is 67.8 Å². The van der Waals surface area contributed by atoms with Crippen LogP contribution in [0.15, 0.2) is 98.1 Å². The summed E-state index contributed by atoms with van der Waals surface area (Å²) < 4.78 is 45.9. The van der Waals surface area contributed by atoms with Crippen LogP contribution >= 0.6 is 0 Å². The van der Waals surface area contributed by atoms with Gasteiger partial charge in [0.2, 0.25) is 0 Å². The number of aromatic nitrogens is 20. The third-order valence-electron chi connectivity index (χ3n) is 16.4. The largest absolute Gasteiger partial charge is 0.461 e. The molecule has 0 atom stereocenters. The Balaban J connectivity index is 0.000000112. The molecule has 5 N–H and O–H groups in total. The fourth-order valence-corrected chi connectivity index (χ4v) is 12.1. The first-order valence-electron chi connectivity index (χ1n) is 29.0. The molecular formula is C62H58F2N20O8. The number of hydrogen-bond acceptors (Lipinski definition) is 20. The fourth-order valence-electron chi connectivity index (χ4n) is 12.1. The van der Waals surface area contributed by atoms with Crippen LogP contribution in [0.4, 0.5) is 8.78 Å². The number of nitrogens with zero attached hydrogens (tertiary/aromatic N) is 20. The summed E-state index contributed by atoms with van der Waals surface area (Å²) in [7, 11) is 0. The van der Waals surface area contributed by atoms with E-state index in [9.17, 15) is 43.9 Å². The van der Waals surface area contributed by atoms with Gasteiger partial charge in [0.25, 0.3) is 6.43 Å². The minimum absolute atomic E-state index is 0.0213. The molecule has 4 aliphatic rings. The predicted octanol–water partition coefficient (Wildman–Crippen LogP) is 5.59. The molecule has 8 aromatic heterocycles. The molecule has 0 spiro atoms. The standard InChI is InChI=1S/C17H17N5O3.C15H13F2N5O.C15H15N5O2.C15H13N5O2/c1-3-25-17(24)15-14-7-22-16(10(2)19-20-22)12-6-11(8-23)4-5-13(12)21(14)9-18-15;1-8-14-10-4-9(6-23)2-3-11(10)21-7-18-13(15(16)17)12(21)5-22(14)20-19-8;2*1-9-15-11-4-10(6-21)2-3-13(11)19-8-16-12(7-22)14(19)5-20(15)18-17-9/h4-6,9,23H,3,7-8H2,1-2H3;2-4,7,15,23H,5-6H2,1H3;2-4,8,21-22H,5-7H2,1H3;2-4,7-8,21H,5-6H2,1H3. The Morgan fingerprint density at radius 3 is 1.25 bits per heavy atom. The lowest BCUT2D eigenvalue weighted by Crippen LogP contribution is -2.12. The molecule has 0 unspecified atom stereocenters. The van der Waals surface area contributed by atoms with Crippen molar-refractivity contribution < 1.29 is 48.6 Å². The highest BCUT2D eigenvalue weighted by Crippen LogP contribution is 2.40. The van der Waals surface area contributed by atoms with Crippen molar-refractivity contribution in [2.75, 3.05) is 6.61 Å². The van der Waals surface area contributed by atoms with Crippen LogP contribution in [0.2, 0.25) is 0 Å². The number of hydrogen-bond donors (Lipinski definition) is 5. The van der Waals surface area contributed by atoms with Crippen LogP contribution in [0.25, 0.3) is 67.8 Å². The van der Waals surface area contributed by atoms with Crippen molar-refractivity contribution in [2.24, 2.45) is 0 Å². The Kier molecular flexibility index (Phi) is 16.0. The highest BCUT2D eigenvalue weighted by atomic mass is 19.3. The highest BCUT2D eigenvalue weighted by Gasteiger charge is 2.32. The van der Waals surface area contributed by atoms with Crippen LogP contribution in [0.3, 0.4) is 0 Å². The van der Waals surface area contributed by atoms with Crippen molar-refractivity contribution in [1.29, 1.82) is 0 Å². The molecule has 0 fully saturated rings. The van der Waals surface area contributed by atoms with Crippen LogP contribution in [-0.2, 0) is 64.0 Å². The van der Waals surface area contributed by atoms with E-state index in [-0.39, 0.29) is 57.6 Å². The monoisotopic (exact) mass is 1250 g/mol. The Hall–Kier alpha value is -10.9. The van der Waals surface area contributed by atoms with Gasteiger partial charge in [0.15, 0.2) is 12.0 Å². The Labute approximate surface area is 520 Å². The molecule has 468 valence electrons. The summed E-state index contributed by atoms with van der Waals surface area (Å²) in [6, 6.07) is 22.5. The molecule has 4 aromatic carbocycles. The highest BCUT2D eigenvalue weighted by molar-refractivity contribution is 5.89. The average Bonchev–Trinajstić information content (AvgIpc) is 1.63. The topological polar surface area (TPSA) is 339 Å². The molecule has 0 saturated heterocycles. The van der Waals surface area contributed by atoms with Crippen LogP contribution in [0.5, 0.6) is 0 Å². The molecule has 0 bridgehead atoms. The lowest BCUT2D eigenvalue weighted by atomic mass is 10.0. The molecule has 0 radical (unpaired) electrons. The second-order valence-electron chi connectivity index (χ2n) is 21.9. The van der Waals surface area contributed by atoms with Crippen molar-refractivity contribution in [2.45, 2.75) is 100 Å². The number of carbonyl (C=O) groups excluding carboxylic acids is 2. The van der Waals surface area contributed by atoms with Gasteiger partial charge < -0.3 is 39.4 Å². The number of halogens is 2. The van der Waals surface area contributed by atoms with E-state index < -0.39 is 12.4 Å². The van der Waals surface area contributed by atoms with Gasteiger partial charge in [0.1, 0.15) is 30.4 Å². The lowest BCUT2D eigenvalue weighted by Gasteiger charge is -2.11. The number of esters is 1. The van der Waals surface area contributed by atoms with Gasteiger partial charge in [-0.25, -0.2) is 52.2 Å². The summed E-state index contributed by atoms with van der Waals surface area (Å²) in [6.07, 6.45) is 4.48. The molecule has 16 rings (SSSR count). The number of fused-ring (bicyclic) bond motifs is 20. The number of ether oxygens (including phenoxy) is 1. The Morgan fingerprint density at radius 1 is 0.489 bits per heavy atom. The maximum Gasteiger partial charge on any atom is 0.358 e. The van der Waals surface area contributed by atoms with Crippen molar-refractivity contribution in [1.82, 2.24) is 98.2 Å². The molecular weight excluding hydrogens is 1190 g/mol. The molecule has 0 amide bonds. The number of aryl methyl sites for hydroxylation is 4. The Morgan fingerprint density at radius 2 is 0.848 bits per heavy atom. The van der Waals surface area contributed by atoms with Crippen LogP contribution in [-0.4, -0.2) is 143 Å². The van der Waals surface area contributed by atoms with Crippen LogP contribution < -0.4 is 0 Å². The third kappa shape index (κ3) is 10.3. The van der Waals surface area contributed by atoms with E-state index in [0.717, 1.165) is 125 Å². The molecule has 12 aromatic rings. The van der Waals surface area contributed by atoms with Gasteiger partial charge in [-0.3, -0.25) is 13.9 Å². The quantitative estimate of drug-likeness (QED) is 0.0868. The minimum Gasteiger partial charge on any atom is -0.461 e. The molecule has 4 aliphatic heterocycles. The zero-order chi connectivity index (χ0) is 64.2. The fraction of sp³-hybridized carbons (Fsp3) is 0.258. The van der Waals surface area contributed by atoms with Crippen molar-refractivity contribution in [3.63, 3.8) is 0 Å². The minimum atomic E-state index is -2.66. The number of carbonyl (C=O) groups is 2. The number of alkyl halides is 2. The predicted molar refractivity (Wildman–Crippen MR) is 322 cm³/mol. The summed E-state index contributed by atoms with van der Waals surface area (Å²) in [4.78, 5) is 40.0. The van der Waals surface area contributed by atoms with Gasteiger partial charge >= 0.3 is 5.97 Å². The van der Waals surface area contributed by atoms with Crippen molar-refractivity contribution in [3.05, 3.63) is 189 Å². The SMILES string of the molecule is CCOC(=O)c1ncn2c1Cn1nnc(C)c1-c1cc(CO)ccc1-2.Cc1nnn2c1-c1cc(CO)ccc1-n1cnc(C(F)F)c1C2.Cc1nnn2c1-c1cc(CO)ccc1-n1cnc(C=O)c1C2.Cc1nnn2c1-c1cc(CO)ccc1-n1cnc(CO)c1C2. The first-order chi connectivity index (χ1) is 44.7. The summed E-state index contributed by atoms with van der Waals surface area (Å²) in [5, 5.41) is 80.4. The smallest absolute Gasteiger partial charge is 0.358 e. The zero-order valence-corrected chi connectivity index (χ0v) is 50.1. The van der Waals surface area contributed by atoms with E-state index in [4.69, 9.17) is 4.74 Å². The zero-order valence-electron chi connectivity index (χ0n) is 50.1. The van der Waals surface area contributed by atoms with E-state index in [0.29, 0.717) is 48.1 Å². The summed E-state index contributed by atoms with van der Waals surface area (Å²) in [6.45, 7) is 10.7. The van der Waals surface area contributed by atoms with Crippen LogP contribution in [0, 0.1) is 27.7 Å². The molecule has 28 nitrogen and oxygen atoms in total. The van der Waals surface area contributed by atoms with Gasteiger partial charge in [-0.2, -0.15) is 0 Å². The average molecular weight is 1250 g/mol. The number of aliphatic hydroxyl groups is 5. The molecule has 92 heavy (non-hydrogen) atoms. The molecule has 12 heterocycles. The molecule has 30 heteroatoms. The number of rotatable bonds is 9. The first-order valence-corrected chi connectivity index (χ1v) is 29.0.